The maximum absolute atomic E-state index is 11.8. The van der Waals surface area contributed by atoms with Crippen LogP contribution in [-0.4, -0.2) is 29.1 Å². The number of aromatic hydroxyl groups is 1. The molecule has 30 heavy (non-hydrogen) atoms. The van der Waals surface area contributed by atoms with Gasteiger partial charge < -0.3 is 14.9 Å². The molecule has 0 amide bonds. The highest BCUT2D eigenvalue weighted by Gasteiger charge is 2.04. The molecular formula is C25H24O5. The molecule has 5 heteroatoms. The summed E-state index contributed by atoms with van der Waals surface area (Å²) in [5.41, 5.74) is 2.67. The van der Waals surface area contributed by atoms with Crippen molar-refractivity contribution in [1.29, 1.82) is 0 Å². The average molecular weight is 404 g/mol. The Morgan fingerprint density at radius 3 is 2.17 bits per heavy atom. The van der Waals surface area contributed by atoms with Crippen molar-refractivity contribution in [3.05, 3.63) is 102 Å². The quantitative estimate of drug-likeness (QED) is 0.428. The van der Waals surface area contributed by atoms with Gasteiger partial charge in [-0.2, -0.15) is 0 Å². The summed E-state index contributed by atoms with van der Waals surface area (Å²) in [6, 6.07) is 24.1. The van der Waals surface area contributed by atoms with Gasteiger partial charge in [0.1, 0.15) is 0 Å². The molecule has 0 heterocycles. The van der Waals surface area contributed by atoms with Crippen molar-refractivity contribution >= 4 is 17.8 Å². The fraction of sp³-hybridized carbons (Fsp3) is 0.120. The highest BCUT2D eigenvalue weighted by Crippen LogP contribution is 2.26. The third-order valence-electron chi connectivity index (χ3n) is 4.20. The molecule has 2 N–H and O–H groups in total. The van der Waals surface area contributed by atoms with E-state index >= 15 is 0 Å². The molecule has 0 saturated carbocycles. The van der Waals surface area contributed by atoms with Crippen molar-refractivity contribution in [1.82, 2.24) is 0 Å². The Hall–Kier alpha value is -3.86. The van der Waals surface area contributed by atoms with Gasteiger partial charge in [0.05, 0.1) is 7.11 Å². The maximum atomic E-state index is 11.8. The standard InChI is InChI=1S/C15H14O.C10H10O4/c16-15(14-9-5-2-6-10-14)12-11-13-7-3-1-4-8-13;1-14-9-6-7(2-4-8(9)11)3-5-10(12)13/h1-10H,11-12H2;2-6,11H,1H3,(H,12,13)/b;5-3+. The van der Waals surface area contributed by atoms with Crippen molar-refractivity contribution in [3.63, 3.8) is 0 Å². The Morgan fingerprint density at radius 2 is 1.57 bits per heavy atom. The van der Waals surface area contributed by atoms with Gasteiger partial charge in [-0.1, -0.05) is 66.7 Å². The van der Waals surface area contributed by atoms with Crippen molar-refractivity contribution < 1.29 is 24.5 Å². The molecule has 3 aromatic rings. The van der Waals surface area contributed by atoms with Crippen LogP contribution in [0, 0.1) is 0 Å². The number of phenolic OH excluding ortho intramolecular Hbond substituents is 1. The number of carboxylic acid groups (broad SMARTS) is 1. The maximum Gasteiger partial charge on any atom is 0.328 e. The summed E-state index contributed by atoms with van der Waals surface area (Å²) in [5.74, 6) is -0.459. The zero-order chi connectivity index (χ0) is 21.8. The Balaban J connectivity index is 0.000000216. The van der Waals surface area contributed by atoms with Crippen molar-refractivity contribution in [2.45, 2.75) is 12.8 Å². The van der Waals surface area contributed by atoms with Gasteiger partial charge in [0.15, 0.2) is 17.3 Å². The molecule has 0 aliphatic carbocycles. The predicted octanol–water partition coefficient (Wildman–Crippen LogP) is 5.00. The third kappa shape index (κ3) is 7.64. The molecule has 0 unspecified atom stereocenters. The summed E-state index contributed by atoms with van der Waals surface area (Å²) in [4.78, 5) is 22.0. The largest absolute Gasteiger partial charge is 0.504 e. The minimum absolute atomic E-state index is 0.0278. The molecular weight excluding hydrogens is 380 g/mol. The van der Waals surface area contributed by atoms with Crippen LogP contribution in [0.2, 0.25) is 0 Å². The second kappa shape index (κ2) is 11.9. The lowest BCUT2D eigenvalue weighted by atomic mass is 10.0. The lowest BCUT2D eigenvalue weighted by Gasteiger charge is -2.03. The third-order valence-corrected chi connectivity index (χ3v) is 4.20. The zero-order valence-corrected chi connectivity index (χ0v) is 16.7. The topological polar surface area (TPSA) is 83.8 Å². The number of aliphatic carboxylic acids is 1. The van der Waals surface area contributed by atoms with E-state index in [0.717, 1.165) is 18.1 Å². The number of carbonyl (C=O) groups excluding carboxylic acids is 1. The van der Waals surface area contributed by atoms with E-state index in [1.807, 2.05) is 48.5 Å². The second-order valence-electron chi connectivity index (χ2n) is 6.38. The van der Waals surface area contributed by atoms with Crippen LogP contribution in [0.25, 0.3) is 6.08 Å². The molecule has 0 saturated heterocycles. The highest BCUT2D eigenvalue weighted by molar-refractivity contribution is 5.96. The number of Topliss-reactive ketones (excluding diaryl/α,β-unsaturated/α-hetero) is 1. The first-order valence-corrected chi connectivity index (χ1v) is 9.40. The fourth-order valence-electron chi connectivity index (χ4n) is 2.64. The minimum Gasteiger partial charge on any atom is -0.504 e. The summed E-state index contributed by atoms with van der Waals surface area (Å²) >= 11 is 0. The molecule has 0 spiro atoms. The van der Waals surface area contributed by atoms with Crippen molar-refractivity contribution in [2.75, 3.05) is 7.11 Å². The van der Waals surface area contributed by atoms with Gasteiger partial charge in [-0.15, -0.1) is 0 Å². The number of methoxy groups -OCH3 is 1. The molecule has 3 aromatic carbocycles. The van der Waals surface area contributed by atoms with Crippen molar-refractivity contribution in [2.24, 2.45) is 0 Å². The van der Waals surface area contributed by atoms with E-state index in [1.165, 1.54) is 24.8 Å². The normalized spacial score (nSPS) is 10.2. The van der Waals surface area contributed by atoms with E-state index in [2.05, 4.69) is 12.1 Å². The molecule has 5 nitrogen and oxygen atoms in total. The molecule has 154 valence electrons. The number of rotatable bonds is 7. The first-order chi connectivity index (χ1) is 14.5. The Bertz CT molecular complexity index is 979. The number of ketones is 1. The number of hydrogen-bond donors (Lipinski definition) is 2. The van der Waals surface area contributed by atoms with Crippen molar-refractivity contribution in [3.8, 4) is 11.5 Å². The number of carbonyl (C=O) groups is 2. The number of aryl methyl sites for hydroxylation is 1. The molecule has 3 rings (SSSR count). The smallest absolute Gasteiger partial charge is 0.328 e. The van der Waals surface area contributed by atoms with Crippen LogP contribution in [0.15, 0.2) is 84.9 Å². The number of phenols is 1. The Labute approximate surface area is 175 Å². The summed E-state index contributed by atoms with van der Waals surface area (Å²) in [6.07, 6.45) is 3.83. The Morgan fingerprint density at radius 1 is 0.933 bits per heavy atom. The van der Waals surface area contributed by atoms with Gasteiger partial charge in [0.25, 0.3) is 0 Å². The summed E-state index contributed by atoms with van der Waals surface area (Å²) < 4.78 is 4.86. The van der Waals surface area contributed by atoms with Gasteiger partial charge in [-0.3, -0.25) is 4.79 Å². The molecule has 0 aliphatic heterocycles. The van der Waals surface area contributed by atoms with Crippen LogP contribution in [0.5, 0.6) is 11.5 Å². The van der Waals surface area contributed by atoms with E-state index in [-0.39, 0.29) is 11.5 Å². The lowest BCUT2D eigenvalue weighted by Crippen LogP contribution is -2.00. The second-order valence-corrected chi connectivity index (χ2v) is 6.38. The van der Waals surface area contributed by atoms with Crippen LogP contribution in [0.4, 0.5) is 0 Å². The average Bonchev–Trinajstić information content (AvgIpc) is 2.78. The lowest BCUT2D eigenvalue weighted by molar-refractivity contribution is -0.131. The minimum atomic E-state index is -1.02. The molecule has 0 fully saturated rings. The van der Waals surface area contributed by atoms with Gasteiger partial charge in [-0.25, -0.2) is 4.79 Å². The zero-order valence-electron chi connectivity index (χ0n) is 16.7. The number of benzene rings is 3. The number of hydrogen-bond acceptors (Lipinski definition) is 4. The van der Waals surface area contributed by atoms with E-state index in [1.54, 1.807) is 12.1 Å². The monoisotopic (exact) mass is 404 g/mol. The molecule has 0 radical (unpaired) electrons. The van der Waals surface area contributed by atoms with E-state index in [9.17, 15) is 14.7 Å². The van der Waals surface area contributed by atoms with Gasteiger partial charge in [0, 0.05) is 18.1 Å². The van der Waals surface area contributed by atoms with Gasteiger partial charge in [-0.05, 0) is 35.8 Å². The molecule has 0 aromatic heterocycles. The molecule has 0 bridgehead atoms. The first kappa shape index (κ1) is 22.4. The van der Waals surface area contributed by atoms with E-state index in [0.29, 0.717) is 17.7 Å². The van der Waals surface area contributed by atoms with Crippen LogP contribution in [-0.2, 0) is 11.2 Å². The highest BCUT2D eigenvalue weighted by atomic mass is 16.5. The SMILES string of the molecule is COc1cc(/C=C/C(=O)O)ccc1O.O=C(CCc1ccccc1)c1ccccc1. The first-order valence-electron chi connectivity index (χ1n) is 9.40. The van der Waals surface area contributed by atoms with Crippen LogP contribution < -0.4 is 4.74 Å². The number of carboxylic acids is 1. The van der Waals surface area contributed by atoms with Crippen LogP contribution in [0.3, 0.4) is 0 Å². The van der Waals surface area contributed by atoms with Crippen LogP contribution in [0.1, 0.15) is 27.9 Å². The van der Waals surface area contributed by atoms with E-state index < -0.39 is 5.97 Å². The fourth-order valence-corrected chi connectivity index (χ4v) is 2.64. The number of ether oxygens (including phenoxy) is 1. The van der Waals surface area contributed by atoms with E-state index in [4.69, 9.17) is 9.84 Å². The summed E-state index contributed by atoms with van der Waals surface area (Å²) in [7, 11) is 1.43. The van der Waals surface area contributed by atoms with Gasteiger partial charge >= 0.3 is 5.97 Å². The Kier molecular flexibility index (Phi) is 8.87. The molecule has 0 atom stereocenters. The summed E-state index contributed by atoms with van der Waals surface area (Å²) in [6.45, 7) is 0. The van der Waals surface area contributed by atoms with Crippen LogP contribution >= 0.6 is 0 Å². The van der Waals surface area contributed by atoms with Gasteiger partial charge in [0.2, 0.25) is 0 Å². The molecule has 0 aliphatic rings. The predicted molar refractivity (Wildman–Crippen MR) is 117 cm³/mol. The summed E-state index contributed by atoms with van der Waals surface area (Å²) in [5, 5.41) is 17.6.